The van der Waals surface area contributed by atoms with E-state index < -0.39 is 17.6 Å². The third-order valence-electron chi connectivity index (χ3n) is 6.12. The maximum absolute atomic E-state index is 13.7. The summed E-state index contributed by atoms with van der Waals surface area (Å²) in [7, 11) is 0. The highest BCUT2D eigenvalue weighted by molar-refractivity contribution is 6.44. The summed E-state index contributed by atoms with van der Waals surface area (Å²) >= 11 is 13.5. The number of likely N-dealkylation sites (tertiary alicyclic amines) is 1. The fraction of sp³-hybridized carbons (Fsp3) is 0.318. The van der Waals surface area contributed by atoms with Crippen LogP contribution in [-0.2, 0) is 0 Å². The maximum atomic E-state index is 13.7. The third kappa shape index (κ3) is 3.14. The molecule has 1 unspecified atom stereocenters. The monoisotopic (exact) mass is 461 g/mol. The first-order valence-corrected chi connectivity index (χ1v) is 10.8. The molecule has 0 spiro atoms. The van der Waals surface area contributed by atoms with Crippen molar-refractivity contribution in [1.29, 1.82) is 0 Å². The Labute approximate surface area is 187 Å². The number of imide groups is 1. The Morgan fingerprint density at radius 3 is 2.45 bits per heavy atom. The van der Waals surface area contributed by atoms with E-state index in [1.165, 1.54) is 12.1 Å². The van der Waals surface area contributed by atoms with E-state index in [0.717, 1.165) is 32.4 Å². The second-order valence-corrected chi connectivity index (χ2v) is 8.65. The molecule has 1 N–H and O–H groups in total. The molecule has 2 aliphatic rings. The molecule has 0 radical (unpaired) electrons. The summed E-state index contributed by atoms with van der Waals surface area (Å²) < 4.78 is 19.0. The van der Waals surface area contributed by atoms with Gasteiger partial charge in [-0.3, -0.25) is 19.8 Å². The van der Waals surface area contributed by atoms with Crippen LogP contribution in [0, 0.1) is 5.82 Å². The standard InChI is InChI=1S/C22H18Cl2FN3O3/c1-10(28-7-3-2-4-8-28)14-15(20-12-6-5-11(25)9-13(12)31-27-20)19(24)17-16(18(14)23)21(29)26-22(17)30/h5-6,9-10H,2-4,7-8H2,1H3,(H,26,29,30). The van der Waals surface area contributed by atoms with Crippen LogP contribution in [0.5, 0.6) is 0 Å². The second kappa shape index (κ2) is 7.58. The van der Waals surface area contributed by atoms with Crippen molar-refractivity contribution in [1.82, 2.24) is 15.4 Å². The lowest BCUT2D eigenvalue weighted by Crippen LogP contribution is -2.33. The number of amides is 2. The number of fused-ring (bicyclic) bond motifs is 2. The molecule has 0 bridgehead atoms. The van der Waals surface area contributed by atoms with E-state index in [9.17, 15) is 14.0 Å². The number of hydrogen-bond acceptors (Lipinski definition) is 5. The van der Waals surface area contributed by atoms with Crippen molar-refractivity contribution < 1.29 is 18.5 Å². The van der Waals surface area contributed by atoms with Crippen LogP contribution in [0.15, 0.2) is 22.7 Å². The lowest BCUT2D eigenvalue weighted by Gasteiger charge is -2.34. The van der Waals surface area contributed by atoms with Gasteiger partial charge in [0.15, 0.2) is 5.58 Å². The number of nitrogens with one attached hydrogen (secondary N) is 1. The van der Waals surface area contributed by atoms with Crippen LogP contribution in [0.3, 0.4) is 0 Å². The van der Waals surface area contributed by atoms with Gasteiger partial charge in [0.2, 0.25) is 0 Å². The van der Waals surface area contributed by atoms with Crippen molar-refractivity contribution in [3.8, 4) is 11.3 Å². The molecule has 2 aliphatic heterocycles. The van der Waals surface area contributed by atoms with Crippen LogP contribution < -0.4 is 5.32 Å². The molecule has 1 atom stereocenters. The first kappa shape index (κ1) is 20.4. The van der Waals surface area contributed by atoms with Crippen molar-refractivity contribution >= 4 is 46.0 Å². The second-order valence-electron chi connectivity index (χ2n) is 7.89. The minimum atomic E-state index is -0.607. The average molecular weight is 462 g/mol. The van der Waals surface area contributed by atoms with Crippen LogP contribution in [0.1, 0.15) is 58.5 Å². The van der Waals surface area contributed by atoms with Crippen molar-refractivity contribution in [2.24, 2.45) is 0 Å². The molecule has 0 saturated carbocycles. The molecule has 1 saturated heterocycles. The molecule has 9 heteroatoms. The highest BCUT2D eigenvalue weighted by atomic mass is 35.5. The van der Waals surface area contributed by atoms with Crippen LogP contribution in [0.25, 0.3) is 22.2 Å². The van der Waals surface area contributed by atoms with E-state index in [1.807, 2.05) is 6.92 Å². The number of piperidine rings is 1. The number of benzene rings is 2. The summed E-state index contributed by atoms with van der Waals surface area (Å²) in [5.41, 5.74) is 1.75. The zero-order valence-electron chi connectivity index (χ0n) is 16.6. The average Bonchev–Trinajstić information content (AvgIpc) is 3.30. The minimum absolute atomic E-state index is 0.0273. The van der Waals surface area contributed by atoms with Gasteiger partial charge in [0.1, 0.15) is 11.5 Å². The fourth-order valence-electron chi connectivity index (χ4n) is 4.57. The van der Waals surface area contributed by atoms with Gasteiger partial charge in [-0.2, -0.15) is 0 Å². The van der Waals surface area contributed by atoms with Gasteiger partial charge in [-0.25, -0.2) is 4.39 Å². The Balaban J connectivity index is 1.82. The number of rotatable bonds is 3. The number of halogens is 3. The summed E-state index contributed by atoms with van der Waals surface area (Å²) in [6.07, 6.45) is 3.27. The van der Waals surface area contributed by atoms with Gasteiger partial charge in [0, 0.05) is 23.1 Å². The molecule has 31 heavy (non-hydrogen) atoms. The molecule has 2 aromatic carbocycles. The van der Waals surface area contributed by atoms with E-state index in [2.05, 4.69) is 15.4 Å². The smallest absolute Gasteiger partial charge is 0.260 e. The number of aromatic nitrogens is 1. The number of hydrogen-bond donors (Lipinski definition) is 1. The highest BCUT2D eigenvalue weighted by Gasteiger charge is 2.39. The Hall–Kier alpha value is -2.48. The van der Waals surface area contributed by atoms with Gasteiger partial charge in [0.25, 0.3) is 11.8 Å². The molecule has 6 nitrogen and oxygen atoms in total. The molecule has 3 aromatic rings. The van der Waals surface area contributed by atoms with Gasteiger partial charge < -0.3 is 4.52 Å². The van der Waals surface area contributed by atoms with Gasteiger partial charge in [-0.05, 0) is 50.6 Å². The quantitative estimate of drug-likeness (QED) is 0.530. The lowest BCUT2D eigenvalue weighted by molar-refractivity contribution is 0.0879. The zero-order chi connectivity index (χ0) is 21.9. The third-order valence-corrected chi connectivity index (χ3v) is 6.89. The summed E-state index contributed by atoms with van der Waals surface area (Å²) in [4.78, 5) is 27.2. The van der Waals surface area contributed by atoms with E-state index in [1.54, 1.807) is 6.07 Å². The summed E-state index contributed by atoms with van der Waals surface area (Å²) in [6, 6.07) is 3.89. The van der Waals surface area contributed by atoms with Crippen molar-refractivity contribution in [2.75, 3.05) is 13.1 Å². The molecule has 1 fully saturated rings. The molecule has 3 heterocycles. The number of carbonyl (C=O) groups is 2. The maximum Gasteiger partial charge on any atom is 0.260 e. The van der Waals surface area contributed by atoms with Crippen LogP contribution >= 0.6 is 23.2 Å². The number of carbonyl (C=O) groups excluding carboxylic acids is 2. The molecular formula is C22H18Cl2FN3O3. The first-order chi connectivity index (χ1) is 14.9. The zero-order valence-corrected chi connectivity index (χ0v) is 18.1. The predicted molar refractivity (Wildman–Crippen MR) is 115 cm³/mol. The SMILES string of the molecule is CC(c1c(Cl)c2c(c(Cl)c1-c1noc3cc(F)ccc13)C(=O)NC2=O)N1CCCCC1. The largest absolute Gasteiger partial charge is 0.356 e. The van der Waals surface area contributed by atoms with E-state index in [-0.39, 0.29) is 32.8 Å². The van der Waals surface area contributed by atoms with Crippen molar-refractivity contribution in [3.63, 3.8) is 0 Å². The van der Waals surface area contributed by atoms with E-state index in [0.29, 0.717) is 22.2 Å². The first-order valence-electron chi connectivity index (χ1n) is 10.1. The summed E-state index contributed by atoms with van der Waals surface area (Å²) in [6.45, 7) is 3.75. The normalized spacial score (nSPS) is 17.8. The van der Waals surface area contributed by atoms with Gasteiger partial charge in [0.05, 0.1) is 21.2 Å². The Morgan fingerprint density at radius 2 is 1.74 bits per heavy atom. The molecular weight excluding hydrogens is 444 g/mol. The molecule has 1 aromatic heterocycles. The van der Waals surface area contributed by atoms with Gasteiger partial charge in [-0.1, -0.05) is 34.8 Å². The van der Waals surface area contributed by atoms with Crippen molar-refractivity contribution in [3.05, 3.63) is 50.8 Å². The topological polar surface area (TPSA) is 75.4 Å². The fourth-order valence-corrected chi connectivity index (χ4v) is 5.37. The summed E-state index contributed by atoms with van der Waals surface area (Å²) in [5.74, 6) is -1.64. The molecule has 5 rings (SSSR count). The molecule has 160 valence electrons. The number of nitrogens with zero attached hydrogens (tertiary/aromatic N) is 2. The predicted octanol–water partition coefficient (Wildman–Crippen LogP) is 5.37. The van der Waals surface area contributed by atoms with E-state index in [4.69, 9.17) is 27.7 Å². The van der Waals surface area contributed by atoms with Gasteiger partial charge in [-0.15, -0.1) is 0 Å². The van der Waals surface area contributed by atoms with Crippen LogP contribution in [0.2, 0.25) is 10.0 Å². The van der Waals surface area contributed by atoms with Crippen LogP contribution in [-0.4, -0.2) is 35.0 Å². The van der Waals surface area contributed by atoms with Crippen molar-refractivity contribution in [2.45, 2.75) is 32.2 Å². The minimum Gasteiger partial charge on any atom is -0.356 e. The van der Waals surface area contributed by atoms with Gasteiger partial charge >= 0.3 is 0 Å². The Bertz CT molecular complexity index is 1250. The Kier molecular flexibility index (Phi) is 5.00. The van der Waals surface area contributed by atoms with E-state index >= 15 is 0 Å². The molecule has 2 amide bonds. The van der Waals surface area contributed by atoms with Crippen LogP contribution in [0.4, 0.5) is 4.39 Å². The lowest BCUT2D eigenvalue weighted by atomic mass is 9.90. The highest BCUT2D eigenvalue weighted by Crippen LogP contribution is 2.48. The molecule has 0 aliphatic carbocycles. The summed E-state index contributed by atoms with van der Waals surface area (Å²) in [5, 5.41) is 7.22. The Morgan fingerprint density at radius 1 is 1.06 bits per heavy atom.